The summed E-state index contributed by atoms with van der Waals surface area (Å²) in [5, 5.41) is 2.26. The second kappa shape index (κ2) is 14.2. The number of carbonyl (C=O) groups excluding carboxylic acids is 2. The third kappa shape index (κ3) is 8.69. The predicted molar refractivity (Wildman–Crippen MR) is 161 cm³/mol. The maximum absolute atomic E-state index is 14.3. The van der Waals surface area contributed by atoms with Crippen molar-refractivity contribution in [3.8, 4) is 0 Å². The molecule has 0 saturated carbocycles. The molecule has 1 saturated heterocycles. The first-order valence-corrected chi connectivity index (χ1v) is 16.4. The molecule has 2 aromatic carbocycles. The van der Waals surface area contributed by atoms with E-state index in [0.29, 0.717) is 19.8 Å². The largest absolute Gasteiger partial charge is 0.444 e. The molecule has 3 rings (SSSR count). The normalized spacial score (nSPS) is 17.8. The Morgan fingerprint density at radius 3 is 1.86 bits per heavy atom. The zero-order valence-electron chi connectivity index (χ0n) is 25.7. The highest BCUT2D eigenvalue weighted by molar-refractivity contribution is 6.99. The third-order valence-electron chi connectivity index (χ3n) is 7.16. The van der Waals surface area contributed by atoms with Crippen LogP contribution in [0.4, 0.5) is 13.6 Å². The zero-order chi connectivity index (χ0) is 31.0. The van der Waals surface area contributed by atoms with Crippen molar-refractivity contribution in [3.05, 3.63) is 60.7 Å². The fourth-order valence-corrected chi connectivity index (χ4v) is 9.83. The summed E-state index contributed by atoms with van der Waals surface area (Å²) in [6.45, 7) is 11.9. The van der Waals surface area contributed by atoms with Crippen LogP contribution in [-0.4, -0.2) is 82.7 Å². The molecular weight excluding hydrogens is 560 g/mol. The summed E-state index contributed by atoms with van der Waals surface area (Å²) in [6.07, 6.45) is -0.778. The summed E-state index contributed by atoms with van der Waals surface area (Å²) in [5.74, 6) is -5.81. The van der Waals surface area contributed by atoms with Crippen LogP contribution in [0.5, 0.6) is 0 Å². The molecule has 0 N–H and O–H groups in total. The van der Waals surface area contributed by atoms with E-state index in [1.807, 2.05) is 36.4 Å². The van der Waals surface area contributed by atoms with E-state index in [1.54, 1.807) is 20.8 Å². The summed E-state index contributed by atoms with van der Waals surface area (Å²) in [7, 11) is -2.64. The molecular formula is C32H45F2NO6Si. The minimum atomic E-state index is -3.62. The average molecular weight is 606 g/mol. The molecule has 1 heterocycles. The van der Waals surface area contributed by atoms with Crippen molar-refractivity contribution in [1.82, 2.24) is 4.90 Å². The maximum atomic E-state index is 14.3. The lowest BCUT2D eigenvalue weighted by atomic mass is 9.91. The molecule has 0 radical (unpaired) electrons. The number of halogens is 2. The summed E-state index contributed by atoms with van der Waals surface area (Å²) in [6, 6.07) is 20.7. The van der Waals surface area contributed by atoms with Gasteiger partial charge in [0.2, 0.25) is 5.78 Å². The molecule has 0 aromatic heterocycles. The number of rotatable bonds is 12. The maximum Gasteiger partial charge on any atom is 0.410 e. The summed E-state index contributed by atoms with van der Waals surface area (Å²) in [5.41, 5.74) is -0.822. The lowest BCUT2D eigenvalue weighted by molar-refractivity contribution is -0.158. The topological polar surface area (TPSA) is 74.3 Å². The number of alkyl halides is 2. The van der Waals surface area contributed by atoms with Crippen LogP contribution in [0.15, 0.2) is 60.7 Å². The van der Waals surface area contributed by atoms with Gasteiger partial charge in [-0.1, -0.05) is 81.4 Å². The number of piperidine rings is 1. The van der Waals surface area contributed by atoms with Gasteiger partial charge in [0.1, 0.15) is 5.60 Å². The van der Waals surface area contributed by atoms with E-state index in [1.165, 1.54) is 10.4 Å². The number of likely N-dealkylation sites (tertiary alicyclic amines) is 1. The summed E-state index contributed by atoms with van der Waals surface area (Å²) >= 11 is 0. The third-order valence-corrected chi connectivity index (χ3v) is 12.2. The van der Waals surface area contributed by atoms with E-state index in [9.17, 15) is 18.4 Å². The van der Waals surface area contributed by atoms with E-state index >= 15 is 0 Å². The zero-order valence-corrected chi connectivity index (χ0v) is 26.7. The van der Waals surface area contributed by atoms with Crippen LogP contribution in [-0.2, 0) is 23.4 Å². The van der Waals surface area contributed by atoms with E-state index in [4.69, 9.17) is 18.6 Å². The molecule has 10 heteroatoms. The van der Waals surface area contributed by atoms with Gasteiger partial charge in [-0.25, -0.2) is 4.79 Å². The molecule has 2 aromatic rings. The fourth-order valence-electron chi connectivity index (χ4n) is 5.28. The molecule has 0 bridgehead atoms. The molecule has 1 fully saturated rings. The number of ether oxygens (including phenoxy) is 3. The number of carbonyl (C=O) groups is 2. The molecule has 232 valence electrons. The predicted octanol–water partition coefficient (Wildman–Crippen LogP) is 5.06. The van der Waals surface area contributed by atoms with Crippen LogP contribution in [0.25, 0.3) is 0 Å². The van der Waals surface area contributed by atoms with Gasteiger partial charge >= 0.3 is 12.0 Å². The van der Waals surface area contributed by atoms with Crippen LogP contribution in [0.1, 0.15) is 48.0 Å². The van der Waals surface area contributed by atoms with Crippen molar-refractivity contribution in [2.75, 3.05) is 46.1 Å². The highest BCUT2D eigenvalue weighted by atomic mass is 28.4. The van der Waals surface area contributed by atoms with Gasteiger partial charge in [0.15, 0.2) is 0 Å². The molecule has 1 unspecified atom stereocenters. The Morgan fingerprint density at radius 1 is 0.857 bits per heavy atom. The molecule has 7 nitrogen and oxygen atoms in total. The van der Waals surface area contributed by atoms with Gasteiger partial charge in [0.05, 0.1) is 33.0 Å². The summed E-state index contributed by atoms with van der Waals surface area (Å²) in [4.78, 5) is 25.5. The fraction of sp³-hybridized carbons (Fsp3) is 0.562. The highest BCUT2D eigenvalue weighted by Crippen LogP contribution is 2.36. The first-order valence-electron chi connectivity index (χ1n) is 14.5. The second-order valence-corrected chi connectivity index (χ2v) is 17.0. The number of benzene rings is 2. The van der Waals surface area contributed by atoms with E-state index in [0.717, 1.165) is 4.90 Å². The smallest absolute Gasteiger partial charge is 0.410 e. The van der Waals surface area contributed by atoms with Crippen LogP contribution < -0.4 is 10.4 Å². The number of ketones is 1. The van der Waals surface area contributed by atoms with Crippen molar-refractivity contribution in [2.45, 2.75) is 64.5 Å². The lowest BCUT2D eigenvalue weighted by Gasteiger charge is -2.43. The average Bonchev–Trinajstić information content (AvgIpc) is 2.91. The number of amides is 1. The van der Waals surface area contributed by atoms with Gasteiger partial charge in [-0.3, -0.25) is 4.79 Å². The number of Topliss-reactive ketones (excluding diaryl/α,β-unsaturated/α-hetero) is 1. The van der Waals surface area contributed by atoms with Gasteiger partial charge in [-0.2, -0.15) is 8.78 Å². The number of nitrogens with zero attached hydrogens (tertiary/aromatic N) is 1. The lowest BCUT2D eigenvalue weighted by Crippen LogP contribution is -2.66. The standard InChI is InChI=1S/C32H45F2NO6Si/c1-30(2,3)41-29(37)35-23-25(28(36)32(33,34)24-35)17-18-38-19-20-39-21-22-40-42(31(4,5)6,26-13-9-7-10-14-26)27-15-11-8-12-16-27/h7-16,25H,17-24H2,1-6H3. The van der Waals surface area contributed by atoms with Crippen LogP contribution in [0.3, 0.4) is 0 Å². The monoisotopic (exact) mass is 605 g/mol. The van der Waals surface area contributed by atoms with Gasteiger partial charge in [0.25, 0.3) is 8.32 Å². The van der Waals surface area contributed by atoms with Crippen molar-refractivity contribution in [2.24, 2.45) is 5.92 Å². The molecule has 0 aliphatic carbocycles. The van der Waals surface area contributed by atoms with Gasteiger partial charge in [-0.15, -0.1) is 0 Å². The van der Waals surface area contributed by atoms with E-state index < -0.39 is 44.2 Å². The minimum Gasteiger partial charge on any atom is -0.444 e. The molecule has 0 spiro atoms. The number of hydrogen-bond acceptors (Lipinski definition) is 6. The second-order valence-electron chi connectivity index (χ2n) is 12.7. The van der Waals surface area contributed by atoms with Crippen LogP contribution in [0.2, 0.25) is 5.04 Å². The van der Waals surface area contributed by atoms with Crippen molar-refractivity contribution >= 4 is 30.6 Å². The van der Waals surface area contributed by atoms with Crippen LogP contribution in [0, 0.1) is 5.92 Å². The van der Waals surface area contributed by atoms with Crippen molar-refractivity contribution in [3.63, 3.8) is 0 Å². The van der Waals surface area contributed by atoms with Crippen molar-refractivity contribution < 1.29 is 37.0 Å². The molecule has 1 amide bonds. The van der Waals surface area contributed by atoms with Gasteiger partial charge in [0, 0.05) is 19.1 Å². The number of hydrogen-bond donors (Lipinski definition) is 0. The Bertz CT molecular complexity index is 1110. The first-order chi connectivity index (χ1) is 19.7. The Kier molecular flexibility index (Phi) is 11.4. The van der Waals surface area contributed by atoms with Gasteiger partial charge < -0.3 is 23.5 Å². The minimum absolute atomic E-state index is 0.0741. The molecule has 1 aliphatic rings. The molecule has 42 heavy (non-hydrogen) atoms. The Labute approximate surface area is 249 Å². The highest BCUT2D eigenvalue weighted by Gasteiger charge is 2.51. The van der Waals surface area contributed by atoms with Gasteiger partial charge in [-0.05, 0) is 42.6 Å². The molecule has 1 atom stereocenters. The SMILES string of the molecule is CC(C)(C)OC(=O)N1CC(CCOCCOCCO[Si](c2ccccc2)(c2ccccc2)C(C)(C)C)C(=O)C(F)(F)C1. The van der Waals surface area contributed by atoms with E-state index in [-0.39, 0.29) is 31.2 Å². The summed E-state index contributed by atoms with van der Waals surface area (Å²) < 4.78 is 52.0. The van der Waals surface area contributed by atoms with E-state index in [2.05, 4.69) is 45.0 Å². The van der Waals surface area contributed by atoms with Crippen LogP contribution >= 0.6 is 0 Å². The van der Waals surface area contributed by atoms with Crippen molar-refractivity contribution in [1.29, 1.82) is 0 Å². The quantitative estimate of drug-likeness (QED) is 0.249. The Balaban J connectivity index is 1.47. The first kappa shape index (κ1) is 33.8. The molecule has 1 aliphatic heterocycles. The Morgan fingerprint density at radius 2 is 1.36 bits per heavy atom. The Hall–Kier alpha value is -2.66.